The fourth-order valence-electron chi connectivity index (χ4n) is 0.642. The molecule has 0 saturated carbocycles. The van der Waals surface area contributed by atoms with Gasteiger partial charge in [0, 0.05) is 26.2 Å². The van der Waals surface area contributed by atoms with E-state index in [1.807, 2.05) is 60.7 Å². The van der Waals surface area contributed by atoms with Crippen molar-refractivity contribution in [2.24, 2.45) is 0 Å². The van der Waals surface area contributed by atoms with Crippen LogP contribution in [0.5, 0.6) is 0 Å². The molecule has 0 N–H and O–H groups in total. The van der Waals surface area contributed by atoms with Crippen LogP contribution < -0.4 is 0 Å². The van der Waals surface area contributed by atoms with Crippen LogP contribution in [0.1, 0.15) is 0 Å². The van der Waals surface area contributed by atoms with Crippen LogP contribution >= 0.6 is 0 Å². The predicted molar refractivity (Wildman–Crippen MR) is 44.1 cm³/mol. The van der Waals surface area contributed by atoms with Crippen LogP contribution in [0.25, 0.3) is 0 Å². The summed E-state index contributed by atoms with van der Waals surface area (Å²) in [5.41, 5.74) is 0. The first-order chi connectivity index (χ1) is 5.00. The Kier molecular flexibility index (Phi) is 7.40. The molecule has 0 aliphatic heterocycles. The van der Waals surface area contributed by atoms with Crippen molar-refractivity contribution in [3.63, 3.8) is 0 Å². The van der Waals surface area contributed by atoms with Crippen LogP contribution in [0.15, 0.2) is 60.7 Å². The van der Waals surface area contributed by atoms with E-state index in [1.54, 1.807) is 0 Å². The van der Waals surface area contributed by atoms with Crippen molar-refractivity contribution in [1.29, 1.82) is 0 Å². The monoisotopic (exact) mass is 220 g/mol. The third kappa shape index (κ3) is 6.00. The molecule has 0 fully saturated rings. The van der Waals surface area contributed by atoms with Gasteiger partial charge in [-0.1, -0.05) is 0 Å². The van der Waals surface area contributed by atoms with Crippen molar-refractivity contribution in [3.8, 4) is 0 Å². The summed E-state index contributed by atoms with van der Waals surface area (Å²) >= 11 is 0. The quantitative estimate of drug-likeness (QED) is 0.600. The van der Waals surface area contributed by atoms with Crippen molar-refractivity contribution in [3.05, 3.63) is 60.7 Å². The Morgan fingerprint density at radius 2 is 0.818 bits per heavy atom. The molecule has 0 aliphatic carbocycles. The van der Waals surface area contributed by atoms with Gasteiger partial charge in [0.05, 0.1) is 0 Å². The third-order valence-electron chi connectivity index (χ3n) is 1.11. The van der Waals surface area contributed by atoms with Crippen LogP contribution in [-0.4, -0.2) is 0 Å². The number of hydrogen-bond acceptors (Lipinski definition) is 0. The SMILES string of the molecule is [Zr].c1cc[cH-]c1.c1cc[cH-]c1. The second-order valence-corrected chi connectivity index (χ2v) is 1.92. The molecule has 0 amide bonds. The number of hydrogen-bond donors (Lipinski definition) is 0. The second-order valence-electron chi connectivity index (χ2n) is 1.92. The largest absolute Gasteiger partial charge is 0.214 e. The summed E-state index contributed by atoms with van der Waals surface area (Å²) in [6.07, 6.45) is 0. The Morgan fingerprint density at radius 3 is 0.909 bits per heavy atom. The molecule has 1 heteroatoms. The average molecular weight is 221 g/mol. The van der Waals surface area contributed by atoms with E-state index in [4.69, 9.17) is 0 Å². The van der Waals surface area contributed by atoms with Gasteiger partial charge < -0.3 is 0 Å². The predicted octanol–water partition coefficient (Wildman–Crippen LogP) is 2.81. The zero-order chi connectivity index (χ0) is 7.07. The standard InChI is InChI=1S/2C5H5.Zr/c2*1-2-4-5-3-1;/h2*1-5H;/q2*-1;. The van der Waals surface area contributed by atoms with E-state index in [0.717, 1.165) is 0 Å². The molecule has 0 radical (unpaired) electrons. The van der Waals surface area contributed by atoms with Crippen molar-refractivity contribution in [1.82, 2.24) is 0 Å². The van der Waals surface area contributed by atoms with Crippen molar-refractivity contribution in [2.45, 2.75) is 0 Å². The Balaban J connectivity index is 0.000000167. The first-order valence-corrected chi connectivity index (χ1v) is 3.33. The first kappa shape index (κ1) is 10.6. The Hall–Kier alpha value is -0.417. The van der Waals surface area contributed by atoms with Crippen molar-refractivity contribution in [2.75, 3.05) is 0 Å². The summed E-state index contributed by atoms with van der Waals surface area (Å²) in [4.78, 5) is 0. The molecule has 0 aromatic heterocycles. The average Bonchev–Trinajstić information content (AvgIpc) is 2.67. The van der Waals surface area contributed by atoms with Gasteiger partial charge in [0.25, 0.3) is 0 Å². The van der Waals surface area contributed by atoms with Gasteiger partial charge in [0.15, 0.2) is 0 Å². The molecule has 2 rings (SSSR count). The molecule has 0 aliphatic rings. The maximum atomic E-state index is 2.00. The van der Waals surface area contributed by atoms with E-state index >= 15 is 0 Å². The topological polar surface area (TPSA) is 0 Å². The molecule has 0 atom stereocenters. The van der Waals surface area contributed by atoms with Gasteiger partial charge in [-0.3, -0.25) is 0 Å². The van der Waals surface area contributed by atoms with Gasteiger partial charge in [-0.25, -0.2) is 24.3 Å². The van der Waals surface area contributed by atoms with E-state index in [1.165, 1.54) is 0 Å². The van der Waals surface area contributed by atoms with E-state index < -0.39 is 0 Å². The summed E-state index contributed by atoms with van der Waals surface area (Å²) in [5.74, 6) is 0. The van der Waals surface area contributed by atoms with Crippen molar-refractivity contribution < 1.29 is 26.2 Å². The van der Waals surface area contributed by atoms with E-state index in [9.17, 15) is 0 Å². The first-order valence-electron chi connectivity index (χ1n) is 3.33. The molecule has 0 nitrogen and oxygen atoms in total. The molecule has 0 heterocycles. The molecule has 0 saturated heterocycles. The van der Waals surface area contributed by atoms with Gasteiger partial charge >= 0.3 is 0 Å². The summed E-state index contributed by atoms with van der Waals surface area (Å²) in [6, 6.07) is 20.0. The molecule has 56 valence electrons. The van der Waals surface area contributed by atoms with E-state index in [-0.39, 0.29) is 26.2 Å². The van der Waals surface area contributed by atoms with Gasteiger partial charge in [-0.2, -0.15) is 36.4 Å². The van der Waals surface area contributed by atoms with Crippen LogP contribution in [0, 0.1) is 0 Å². The molecule has 0 unspecified atom stereocenters. The minimum absolute atomic E-state index is 0. The smallest absolute Gasteiger partial charge is 0 e. The molecule has 11 heavy (non-hydrogen) atoms. The Morgan fingerprint density at radius 1 is 0.545 bits per heavy atom. The molecule has 2 aromatic rings. The molecule has 2 aromatic carbocycles. The zero-order valence-corrected chi connectivity index (χ0v) is 8.73. The minimum Gasteiger partial charge on any atom is -0.214 e. The van der Waals surface area contributed by atoms with E-state index in [0.29, 0.717) is 0 Å². The van der Waals surface area contributed by atoms with Crippen LogP contribution in [0.3, 0.4) is 0 Å². The maximum absolute atomic E-state index is 2.00. The normalized spacial score (nSPS) is 7.27. The van der Waals surface area contributed by atoms with Gasteiger partial charge in [-0.15, -0.1) is 0 Å². The van der Waals surface area contributed by atoms with Gasteiger partial charge in [0.2, 0.25) is 0 Å². The Bertz CT molecular complexity index is 144. The van der Waals surface area contributed by atoms with E-state index in [2.05, 4.69) is 0 Å². The molecule has 0 spiro atoms. The maximum Gasteiger partial charge on any atom is 0 e. The van der Waals surface area contributed by atoms with Gasteiger partial charge in [0.1, 0.15) is 0 Å². The fraction of sp³-hybridized carbons (Fsp3) is 0. The van der Waals surface area contributed by atoms with Crippen LogP contribution in [0.2, 0.25) is 0 Å². The zero-order valence-electron chi connectivity index (χ0n) is 6.27. The second kappa shape index (κ2) is 7.69. The van der Waals surface area contributed by atoms with Crippen LogP contribution in [-0.2, 0) is 26.2 Å². The molecular weight excluding hydrogens is 211 g/mol. The molecular formula is C10H10Zr-2. The minimum atomic E-state index is 0. The summed E-state index contributed by atoms with van der Waals surface area (Å²) in [6.45, 7) is 0. The summed E-state index contributed by atoms with van der Waals surface area (Å²) < 4.78 is 0. The molecule has 0 bridgehead atoms. The fourth-order valence-corrected chi connectivity index (χ4v) is 0.642. The summed E-state index contributed by atoms with van der Waals surface area (Å²) in [5, 5.41) is 0. The summed E-state index contributed by atoms with van der Waals surface area (Å²) in [7, 11) is 0. The third-order valence-corrected chi connectivity index (χ3v) is 1.11. The van der Waals surface area contributed by atoms with Crippen molar-refractivity contribution >= 4 is 0 Å². The van der Waals surface area contributed by atoms with Crippen LogP contribution in [0.4, 0.5) is 0 Å². The van der Waals surface area contributed by atoms with Gasteiger partial charge in [-0.05, 0) is 0 Å². The number of rotatable bonds is 0. The Labute approximate surface area is 86.7 Å².